The molecule has 0 fully saturated rings. The first kappa shape index (κ1) is 17.7. The van der Waals surface area contributed by atoms with Crippen LogP contribution in [-0.2, 0) is 0 Å². The van der Waals surface area contributed by atoms with Gasteiger partial charge in [-0.2, -0.15) is 0 Å². The van der Waals surface area contributed by atoms with Crippen molar-refractivity contribution in [1.82, 2.24) is 0 Å². The van der Waals surface area contributed by atoms with Crippen LogP contribution in [-0.4, -0.2) is 18.7 Å². The molecule has 0 saturated heterocycles. The zero-order valence-electron chi connectivity index (χ0n) is 14.3. The zero-order valence-corrected chi connectivity index (χ0v) is 14.3. The Bertz CT molecular complexity index is 723. The van der Waals surface area contributed by atoms with E-state index < -0.39 is 0 Å². The molecule has 0 unspecified atom stereocenters. The third-order valence-corrected chi connectivity index (χ3v) is 3.64. The SMILES string of the molecule is COc1ccc(C(=O)CC(=O)c2ccc(/C=C/C(C)C)cc2)cc1. The van der Waals surface area contributed by atoms with Crippen molar-refractivity contribution in [3.8, 4) is 5.75 Å². The maximum atomic E-state index is 12.3. The quantitative estimate of drug-likeness (QED) is 0.542. The maximum absolute atomic E-state index is 12.3. The summed E-state index contributed by atoms with van der Waals surface area (Å²) in [4.78, 5) is 24.5. The van der Waals surface area contributed by atoms with Gasteiger partial charge in [0.15, 0.2) is 11.6 Å². The highest BCUT2D eigenvalue weighted by Crippen LogP contribution is 2.15. The lowest BCUT2D eigenvalue weighted by Gasteiger charge is -2.04. The lowest BCUT2D eigenvalue weighted by molar-refractivity contribution is 0.0894. The van der Waals surface area contributed by atoms with Gasteiger partial charge in [0.05, 0.1) is 13.5 Å². The maximum Gasteiger partial charge on any atom is 0.170 e. The van der Waals surface area contributed by atoms with E-state index >= 15 is 0 Å². The molecule has 3 nitrogen and oxygen atoms in total. The minimum absolute atomic E-state index is 0.131. The topological polar surface area (TPSA) is 43.4 Å². The van der Waals surface area contributed by atoms with Crippen LogP contribution in [0.1, 0.15) is 46.5 Å². The largest absolute Gasteiger partial charge is 0.497 e. The van der Waals surface area contributed by atoms with E-state index in [1.807, 2.05) is 18.2 Å². The Kier molecular flexibility index (Phi) is 6.07. The molecule has 0 saturated carbocycles. The van der Waals surface area contributed by atoms with Crippen LogP contribution < -0.4 is 4.74 Å². The fourth-order valence-electron chi connectivity index (χ4n) is 2.21. The Hall–Kier alpha value is -2.68. The molecule has 0 aliphatic rings. The van der Waals surface area contributed by atoms with E-state index in [-0.39, 0.29) is 18.0 Å². The molecule has 0 aliphatic carbocycles. The van der Waals surface area contributed by atoms with E-state index in [0.717, 1.165) is 5.56 Å². The number of allylic oxidation sites excluding steroid dienone is 1. The standard InChI is InChI=1S/C21H22O3/c1-15(2)4-5-16-6-8-17(9-7-16)20(22)14-21(23)18-10-12-19(24-3)13-11-18/h4-13,15H,14H2,1-3H3/b5-4+. The molecule has 3 heteroatoms. The molecule has 0 heterocycles. The molecule has 0 N–H and O–H groups in total. The van der Waals surface area contributed by atoms with Gasteiger partial charge in [-0.25, -0.2) is 0 Å². The minimum atomic E-state index is -0.188. The van der Waals surface area contributed by atoms with Crippen LogP contribution in [0.2, 0.25) is 0 Å². The number of carbonyl (C=O) groups is 2. The number of Topliss-reactive ketones (excluding diaryl/α,β-unsaturated/α-hetero) is 2. The number of methoxy groups -OCH3 is 1. The molecule has 0 bridgehead atoms. The molecule has 2 aromatic carbocycles. The molecule has 0 amide bonds. The summed E-state index contributed by atoms with van der Waals surface area (Å²) in [6.07, 6.45) is 4.00. The molecule has 2 aromatic rings. The van der Waals surface area contributed by atoms with Crippen molar-refractivity contribution in [3.63, 3.8) is 0 Å². The van der Waals surface area contributed by atoms with Gasteiger partial charge in [0, 0.05) is 11.1 Å². The van der Waals surface area contributed by atoms with Gasteiger partial charge in [-0.3, -0.25) is 9.59 Å². The fraction of sp³-hybridized carbons (Fsp3) is 0.238. The molecule has 0 atom stereocenters. The molecule has 124 valence electrons. The van der Waals surface area contributed by atoms with E-state index in [4.69, 9.17) is 4.74 Å². The second-order valence-electron chi connectivity index (χ2n) is 5.98. The van der Waals surface area contributed by atoms with Crippen molar-refractivity contribution in [3.05, 3.63) is 71.3 Å². The summed E-state index contributed by atoms with van der Waals surface area (Å²) in [5.74, 6) is 0.804. The Morgan fingerprint density at radius 1 is 0.917 bits per heavy atom. The van der Waals surface area contributed by atoms with Crippen molar-refractivity contribution < 1.29 is 14.3 Å². The van der Waals surface area contributed by atoms with Crippen molar-refractivity contribution >= 4 is 17.6 Å². The predicted octanol–water partition coefficient (Wildman–Crippen LogP) is 4.82. The third kappa shape index (κ3) is 4.92. The second kappa shape index (κ2) is 8.25. The molecule has 0 spiro atoms. The zero-order chi connectivity index (χ0) is 17.5. The van der Waals surface area contributed by atoms with Crippen molar-refractivity contribution in [2.45, 2.75) is 20.3 Å². The number of hydrogen-bond acceptors (Lipinski definition) is 3. The van der Waals surface area contributed by atoms with Crippen LogP contribution in [0.15, 0.2) is 54.6 Å². The van der Waals surface area contributed by atoms with Crippen molar-refractivity contribution in [2.24, 2.45) is 5.92 Å². The van der Waals surface area contributed by atoms with Gasteiger partial charge >= 0.3 is 0 Å². The first-order valence-corrected chi connectivity index (χ1v) is 7.98. The lowest BCUT2D eigenvalue weighted by Crippen LogP contribution is -2.08. The second-order valence-corrected chi connectivity index (χ2v) is 5.98. The highest BCUT2D eigenvalue weighted by Gasteiger charge is 2.13. The van der Waals surface area contributed by atoms with Gasteiger partial charge in [0.2, 0.25) is 0 Å². The van der Waals surface area contributed by atoms with Crippen LogP contribution in [0.5, 0.6) is 5.75 Å². The van der Waals surface area contributed by atoms with E-state index in [0.29, 0.717) is 22.8 Å². The average Bonchev–Trinajstić information content (AvgIpc) is 2.60. The minimum Gasteiger partial charge on any atom is -0.497 e. The fourth-order valence-corrected chi connectivity index (χ4v) is 2.21. The van der Waals surface area contributed by atoms with Crippen molar-refractivity contribution in [2.75, 3.05) is 7.11 Å². The van der Waals surface area contributed by atoms with Crippen molar-refractivity contribution in [1.29, 1.82) is 0 Å². The number of carbonyl (C=O) groups excluding carboxylic acids is 2. The number of hydrogen-bond donors (Lipinski definition) is 0. The van der Waals surface area contributed by atoms with Gasteiger partial charge in [-0.1, -0.05) is 50.3 Å². The van der Waals surface area contributed by atoms with Crippen LogP contribution in [0.4, 0.5) is 0 Å². The average molecular weight is 322 g/mol. The van der Waals surface area contributed by atoms with Crippen LogP contribution >= 0.6 is 0 Å². The number of rotatable bonds is 7. The van der Waals surface area contributed by atoms with Gasteiger partial charge < -0.3 is 4.74 Å². The van der Waals surface area contributed by atoms with E-state index in [9.17, 15) is 9.59 Å². The summed E-state index contributed by atoms with van der Waals surface area (Å²) in [6, 6.07) is 14.1. The third-order valence-electron chi connectivity index (χ3n) is 3.64. The number of benzene rings is 2. The summed E-state index contributed by atoms with van der Waals surface area (Å²) < 4.78 is 5.06. The van der Waals surface area contributed by atoms with E-state index in [1.54, 1.807) is 43.5 Å². The Labute approximate surface area is 143 Å². The Morgan fingerprint density at radius 2 is 1.42 bits per heavy atom. The van der Waals surface area contributed by atoms with Gasteiger partial charge in [-0.05, 0) is 35.7 Å². The molecular weight excluding hydrogens is 300 g/mol. The first-order chi connectivity index (χ1) is 11.5. The highest BCUT2D eigenvalue weighted by molar-refractivity contribution is 6.13. The summed E-state index contributed by atoms with van der Waals surface area (Å²) in [5, 5.41) is 0. The smallest absolute Gasteiger partial charge is 0.170 e. The molecule has 24 heavy (non-hydrogen) atoms. The molecule has 0 radical (unpaired) electrons. The van der Waals surface area contributed by atoms with Gasteiger partial charge in [0.1, 0.15) is 5.75 Å². The molecule has 0 aromatic heterocycles. The summed E-state index contributed by atoms with van der Waals surface area (Å²) in [6.45, 7) is 4.22. The van der Waals surface area contributed by atoms with E-state index in [2.05, 4.69) is 19.9 Å². The summed E-state index contributed by atoms with van der Waals surface area (Å²) >= 11 is 0. The highest BCUT2D eigenvalue weighted by atomic mass is 16.5. The van der Waals surface area contributed by atoms with Gasteiger partial charge in [0.25, 0.3) is 0 Å². The predicted molar refractivity (Wildman–Crippen MR) is 96.6 cm³/mol. The Morgan fingerprint density at radius 3 is 1.88 bits per heavy atom. The summed E-state index contributed by atoms with van der Waals surface area (Å²) in [5.41, 5.74) is 2.11. The normalized spacial score (nSPS) is 11.0. The monoisotopic (exact) mass is 322 g/mol. The number of ether oxygens (including phenoxy) is 1. The van der Waals surface area contributed by atoms with Gasteiger partial charge in [-0.15, -0.1) is 0 Å². The van der Waals surface area contributed by atoms with Crippen LogP contribution in [0, 0.1) is 5.92 Å². The molecule has 2 rings (SSSR count). The van der Waals surface area contributed by atoms with Crippen LogP contribution in [0.3, 0.4) is 0 Å². The molecular formula is C21H22O3. The molecule has 0 aliphatic heterocycles. The first-order valence-electron chi connectivity index (χ1n) is 7.98. The van der Waals surface area contributed by atoms with E-state index in [1.165, 1.54) is 0 Å². The Balaban J connectivity index is 2.01. The number of ketones is 2. The summed E-state index contributed by atoms with van der Waals surface area (Å²) in [7, 11) is 1.57. The lowest BCUT2D eigenvalue weighted by atomic mass is 10.0. The van der Waals surface area contributed by atoms with Crippen LogP contribution in [0.25, 0.3) is 6.08 Å².